The molecule has 2 heterocycles. The molecule has 0 fully saturated rings. The van der Waals surface area contributed by atoms with Gasteiger partial charge in [0.2, 0.25) is 0 Å². The number of furan rings is 2. The van der Waals surface area contributed by atoms with Crippen molar-refractivity contribution in [2.45, 2.75) is 25.7 Å². The van der Waals surface area contributed by atoms with Crippen LogP contribution in [0.3, 0.4) is 0 Å². The third-order valence-corrected chi connectivity index (χ3v) is 9.08. The average molecular weight is 509 g/mol. The molecule has 5 heteroatoms. The van der Waals surface area contributed by atoms with Crippen molar-refractivity contribution in [1.29, 1.82) is 0 Å². The third kappa shape index (κ3) is 3.80. The molecule has 0 bridgehead atoms. The summed E-state index contributed by atoms with van der Waals surface area (Å²) in [6, 6.07) is 26.0. The molecule has 0 aliphatic heterocycles. The van der Waals surface area contributed by atoms with Crippen LogP contribution in [0.2, 0.25) is 0 Å². The summed E-state index contributed by atoms with van der Waals surface area (Å²) in [5.41, 5.74) is 8.32. The molecule has 0 amide bonds. The largest absolute Gasteiger partial charge is 1.00 e. The van der Waals surface area contributed by atoms with Crippen molar-refractivity contribution in [3.8, 4) is 0 Å². The summed E-state index contributed by atoms with van der Waals surface area (Å²) in [7, 11) is 0. The van der Waals surface area contributed by atoms with E-state index in [1.165, 1.54) is 41.2 Å². The quantitative estimate of drug-likeness (QED) is 0.392. The van der Waals surface area contributed by atoms with Crippen LogP contribution in [-0.2, 0) is 19.2 Å². The average Bonchev–Trinajstić information content (AvgIpc) is 3.58. The first-order chi connectivity index (χ1) is 15.2. The van der Waals surface area contributed by atoms with Gasteiger partial charge in [-0.3, -0.25) is 0 Å². The van der Waals surface area contributed by atoms with E-state index in [9.17, 15) is 0 Å². The van der Waals surface area contributed by atoms with E-state index in [0.717, 1.165) is 11.5 Å². The molecule has 2 aromatic carbocycles. The van der Waals surface area contributed by atoms with Crippen LogP contribution in [0.25, 0.3) is 18.9 Å². The minimum absolute atomic E-state index is 0. The molecule has 2 aliphatic rings. The van der Waals surface area contributed by atoms with Gasteiger partial charge in [-0.1, -0.05) is 0 Å². The topological polar surface area (TPSA) is 26.3 Å². The van der Waals surface area contributed by atoms with E-state index in [4.69, 9.17) is 8.83 Å². The van der Waals surface area contributed by atoms with Gasteiger partial charge in [-0.25, -0.2) is 0 Å². The zero-order chi connectivity index (χ0) is 20.9. The molecule has 0 radical (unpaired) electrons. The van der Waals surface area contributed by atoms with Gasteiger partial charge in [0.05, 0.1) is 0 Å². The Morgan fingerprint density at radius 3 is 1.39 bits per heavy atom. The maximum absolute atomic E-state index is 5.93. The van der Waals surface area contributed by atoms with Gasteiger partial charge >= 0.3 is 192 Å². The summed E-state index contributed by atoms with van der Waals surface area (Å²) in [4.78, 5) is 0. The van der Waals surface area contributed by atoms with Crippen molar-refractivity contribution in [3.05, 3.63) is 119 Å². The SMILES string of the molecule is CC1C(c2ccco2)=[C]([Ti+2][C]2=C(c3ccco3)C(C)c3ccccc32)c2ccccc21.[Cl-].[Cl-]. The standard InChI is InChI=1S/2C14H11O.2ClH.Ti/c2*1-10-12-6-3-2-5-11(12)9-13(10)14-7-4-8-15-14;;;/h2*2-8,10H,1H3;2*1H;/q;;;;+2/p-2. The van der Waals surface area contributed by atoms with Crippen LogP contribution in [0, 0.1) is 0 Å². The molecule has 0 saturated carbocycles. The number of rotatable bonds is 4. The van der Waals surface area contributed by atoms with Crippen LogP contribution < -0.4 is 24.8 Å². The number of benzene rings is 2. The Balaban J connectivity index is 0.00000130. The maximum atomic E-state index is 5.93. The van der Waals surface area contributed by atoms with Crippen molar-refractivity contribution >= 4 is 18.9 Å². The first-order valence-electron chi connectivity index (χ1n) is 10.8. The normalized spacial score (nSPS) is 18.4. The predicted molar refractivity (Wildman–Crippen MR) is 121 cm³/mol. The van der Waals surface area contributed by atoms with Gasteiger partial charge in [-0.05, 0) is 0 Å². The molecule has 6 rings (SSSR count). The summed E-state index contributed by atoms with van der Waals surface area (Å²) in [6.07, 6.45) is 3.58. The molecule has 0 saturated heterocycles. The molecule has 0 N–H and O–H groups in total. The Kier molecular flexibility index (Phi) is 6.93. The van der Waals surface area contributed by atoms with Crippen molar-refractivity contribution < 1.29 is 52.8 Å². The van der Waals surface area contributed by atoms with Gasteiger partial charge in [0.25, 0.3) is 0 Å². The minimum Gasteiger partial charge on any atom is -1.00 e. The number of hydrogen-bond donors (Lipinski definition) is 0. The first kappa shape index (κ1) is 23.9. The molecule has 2 nitrogen and oxygen atoms in total. The Morgan fingerprint density at radius 1 is 0.576 bits per heavy atom. The number of hydrogen-bond acceptors (Lipinski definition) is 2. The molecule has 2 unspecified atom stereocenters. The molecular formula is C28H22Cl2O2Ti. The number of halogens is 2. The number of allylic oxidation sites excluding steroid dienone is 2. The van der Waals surface area contributed by atoms with Crippen LogP contribution in [0.1, 0.15) is 59.5 Å². The second-order valence-corrected chi connectivity index (χ2v) is 10.2. The van der Waals surface area contributed by atoms with Gasteiger partial charge in [0.1, 0.15) is 0 Å². The van der Waals surface area contributed by atoms with E-state index < -0.39 is 19.2 Å². The molecule has 33 heavy (non-hydrogen) atoms. The summed E-state index contributed by atoms with van der Waals surface area (Å²) in [5, 5.41) is 0. The second kappa shape index (κ2) is 9.56. The molecule has 2 aliphatic carbocycles. The Labute approximate surface area is 215 Å². The van der Waals surface area contributed by atoms with Crippen molar-refractivity contribution in [3.63, 3.8) is 0 Å². The van der Waals surface area contributed by atoms with Gasteiger partial charge in [0, 0.05) is 0 Å². The molecule has 2 aromatic heterocycles. The molecule has 4 aromatic rings. The van der Waals surface area contributed by atoms with Crippen LogP contribution in [0.5, 0.6) is 0 Å². The smallest absolute Gasteiger partial charge is 1.00 e. The summed E-state index contributed by atoms with van der Waals surface area (Å²) >= 11 is -0.650. The van der Waals surface area contributed by atoms with Crippen molar-refractivity contribution in [2.24, 2.45) is 0 Å². The van der Waals surface area contributed by atoms with Crippen molar-refractivity contribution in [1.82, 2.24) is 0 Å². The molecule has 2 atom stereocenters. The van der Waals surface area contributed by atoms with Crippen LogP contribution >= 0.6 is 0 Å². The summed E-state index contributed by atoms with van der Waals surface area (Å²) in [6.45, 7) is 4.62. The van der Waals surface area contributed by atoms with Gasteiger partial charge in [-0.2, -0.15) is 0 Å². The van der Waals surface area contributed by atoms with Crippen LogP contribution in [0.4, 0.5) is 0 Å². The van der Waals surface area contributed by atoms with E-state index in [2.05, 4.69) is 74.5 Å². The van der Waals surface area contributed by atoms with Crippen LogP contribution in [-0.4, -0.2) is 0 Å². The summed E-state index contributed by atoms with van der Waals surface area (Å²) < 4.78 is 14.8. The van der Waals surface area contributed by atoms with Gasteiger partial charge < -0.3 is 24.8 Å². The van der Waals surface area contributed by atoms with E-state index in [1.54, 1.807) is 12.5 Å². The fourth-order valence-electron chi connectivity index (χ4n) is 5.17. The van der Waals surface area contributed by atoms with Gasteiger partial charge in [-0.15, -0.1) is 0 Å². The molecule has 0 spiro atoms. The van der Waals surface area contributed by atoms with E-state index >= 15 is 0 Å². The number of fused-ring (bicyclic) bond motifs is 2. The zero-order valence-electron chi connectivity index (χ0n) is 18.3. The van der Waals surface area contributed by atoms with Gasteiger partial charge in [0.15, 0.2) is 0 Å². The predicted octanol–water partition coefficient (Wildman–Crippen LogP) is 1.63. The Morgan fingerprint density at radius 2 is 1.00 bits per heavy atom. The van der Waals surface area contributed by atoms with E-state index in [0.29, 0.717) is 11.8 Å². The first-order valence-corrected chi connectivity index (χ1v) is 12.3. The van der Waals surface area contributed by atoms with E-state index in [-0.39, 0.29) is 24.8 Å². The van der Waals surface area contributed by atoms with Crippen molar-refractivity contribution in [2.75, 3.05) is 0 Å². The molecular weight excluding hydrogens is 487 g/mol. The minimum atomic E-state index is -0.650. The van der Waals surface area contributed by atoms with Crippen LogP contribution in [0.15, 0.2) is 94.2 Å². The Hall–Kier alpha value is -2.23. The fraction of sp³-hybridized carbons (Fsp3) is 0.143. The Bertz CT molecular complexity index is 1230. The maximum Gasteiger partial charge on any atom is -1.00 e. The second-order valence-electron chi connectivity index (χ2n) is 8.27. The zero-order valence-corrected chi connectivity index (χ0v) is 21.4. The fourth-order valence-corrected chi connectivity index (χ4v) is 8.17. The van der Waals surface area contributed by atoms with E-state index in [1.807, 2.05) is 12.1 Å². The molecule has 164 valence electrons. The monoisotopic (exact) mass is 508 g/mol. The summed E-state index contributed by atoms with van der Waals surface area (Å²) in [5.74, 6) is 2.68. The third-order valence-electron chi connectivity index (χ3n) is 6.62.